The first kappa shape index (κ1) is 21.5. The SMILES string of the molecule is Cl.N[C@H](Cc1ccccc1)c1nc(CC2CC2)nn1CC(=O)N1CCc2nocc2C1. The molecule has 9 heteroatoms. The van der Waals surface area contributed by atoms with Gasteiger partial charge in [0.2, 0.25) is 5.91 Å². The number of nitrogens with two attached hydrogens (primary N) is 1. The van der Waals surface area contributed by atoms with Crippen LogP contribution >= 0.6 is 12.4 Å². The Morgan fingerprint density at radius 1 is 1.26 bits per heavy atom. The Morgan fingerprint density at radius 2 is 2.06 bits per heavy atom. The van der Waals surface area contributed by atoms with E-state index in [-0.39, 0.29) is 30.9 Å². The molecule has 0 spiro atoms. The Balaban J connectivity index is 0.00000231. The van der Waals surface area contributed by atoms with Crippen LogP contribution in [0.25, 0.3) is 0 Å². The number of carbonyl (C=O) groups is 1. The molecule has 3 aromatic rings. The molecule has 164 valence electrons. The Hall–Kier alpha value is -2.71. The van der Waals surface area contributed by atoms with Gasteiger partial charge in [-0.05, 0) is 30.7 Å². The molecule has 1 aromatic carbocycles. The lowest BCUT2D eigenvalue weighted by Crippen LogP contribution is -2.38. The molecular formula is C22H27ClN6O2. The van der Waals surface area contributed by atoms with Gasteiger partial charge in [-0.2, -0.15) is 5.10 Å². The maximum Gasteiger partial charge on any atom is 0.244 e. The normalized spacial score (nSPS) is 16.5. The average molecular weight is 443 g/mol. The molecule has 1 atom stereocenters. The Labute approximate surface area is 187 Å². The molecule has 1 aliphatic carbocycles. The molecule has 0 bridgehead atoms. The summed E-state index contributed by atoms with van der Waals surface area (Å²) in [5, 5.41) is 8.66. The van der Waals surface area contributed by atoms with Crippen LogP contribution in [0.2, 0.25) is 0 Å². The highest BCUT2D eigenvalue weighted by molar-refractivity contribution is 5.85. The van der Waals surface area contributed by atoms with Gasteiger partial charge in [0.05, 0.1) is 18.3 Å². The lowest BCUT2D eigenvalue weighted by Gasteiger charge is -2.26. The number of carbonyl (C=O) groups excluding carboxylic acids is 1. The number of aromatic nitrogens is 4. The summed E-state index contributed by atoms with van der Waals surface area (Å²) >= 11 is 0. The van der Waals surface area contributed by atoms with Gasteiger partial charge in [0, 0.05) is 24.9 Å². The second kappa shape index (κ2) is 9.20. The molecule has 2 aliphatic rings. The molecule has 1 saturated carbocycles. The van der Waals surface area contributed by atoms with Crippen molar-refractivity contribution in [2.75, 3.05) is 6.54 Å². The topological polar surface area (TPSA) is 103 Å². The van der Waals surface area contributed by atoms with Gasteiger partial charge in [0.15, 0.2) is 5.82 Å². The first-order chi connectivity index (χ1) is 14.7. The van der Waals surface area contributed by atoms with E-state index in [4.69, 9.17) is 15.2 Å². The minimum absolute atomic E-state index is 0. The second-order valence-electron chi connectivity index (χ2n) is 8.34. The van der Waals surface area contributed by atoms with Crippen LogP contribution in [0.5, 0.6) is 0 Å². The Kier molecular flexibility index (Phi) is 6.38. The fourth-order valence-corrected chi connectivity index (χ4v) is 4.00. The number of rotatable bonds is 7. The quantitative estimate of drug-likeness (QED) is 0.602. The van der Waals surface area contributed by atoms with Crippen LogP contribution in [0.15, 0.2) is 41.1 Å². The summed E-state index contributed by atoms with van der Waals surface area (Å²) in [7, 11) is 0. The summed E-state index contributed by atoms with van der Waals surface area (Å²) in [5.74, 6) is 2.16. The van der Waals surface area contributed by atoms with Gasteiger partial charge in [-0.15, -0.1) is 12.4 Å². The van der Waals surface area contributed by atoms with Crippen LogP contribution in [-0.2, 0) is 37.1 Å². The van der Waals surface area contributed by atoms with Gasteiger partial charge in [0.1, 0.15) is 18.6 Å². The smallest absolute Gasteiger partial charge is 0.244 e. The summed E-state index contributed by atoms with van der Waals surface area (Å²) in [6, 6.07) is 9.80. The van der Waals surface area contributed by atoms with Crippen LogP contribution < -0.4 is 5.73 Å². The molecule has 0 saturated heterocycles. The zero-order valence-electron chi connectivity index (χ0n) is 17.3. The van der Waals surface area contributed by atoms with Gasteiger partial charge < -0.3 is 15.2 Å². The minimum Gasteiger partial charge on any atom is -0.364 e. The lowest BCUT2D eigenvalue weighted by atomic mass is 10.1. The summed E-state index contributed by atoms with van der Waals surface area (Å²) in [4.78, 5) is 19.6. The van der Waals surface area contributed by atoms with Crippen molar-refractivity contribution in [1.82, 2.24) is 24.8 Å². The van der Waals surface area contributed by atoms with Gasteiger partial charge in [0.25, 0.3) is 0 Å². The fraction of sp³-hybridized carbons (Fsp3) is 0.455. The number of amides is 1. The molecule has 3 heterocycles. The molecule has 1 aliphatic heterocycles. The highest BCUT2D eigenvalue weighted by Crippen LogP contribution is 2.32. The molecule has 0 unspecified atom stereocenters. The number of hydrogen-bond acceptors (Lipinski definition) is 6. The summed E-state index contributed by atoms with van der Waals surface area (Å²) in [6.07, 6.45) is 6.31. The summed E-state index contributed by atoms with van der Waals surface area (Å²) < 4.78 is 6.75. The lowest BCUT2D eigenvalue weighted by molar-refractivity contribution is -0.133. The molecular weight excluding hydrogens is 416 g/mol. The predicted octanol–water partition coefficient (Wildman–Crippen LogP) is 2.47. The summed E-state index contributed by atoms with van der Waals surface area (Å²) in [5.41, 5.74) is 9.58. The zero-order chi connectivity index (χ0) is 20.5. The molecule has 0 radical (unpaired) electrons. The van der Waals surface area contributed by atoms with Crippen LogP contribution in [0, 0.1) is 5.92 Å². The van der Waals surface area contributed by atoms with Crippen molar-refractivity contribution in [3.63, 3.8) is 0 Å². The van der Waals surface area contributed by atoms with Crippen LogP contribution in [0.1, 0.15) is 47.4 Å². The molecule has 1 amide bonds. The number of nitrogens with zero attached hydrogens (tertiary/aromatic N) is 5. The highest BCUT2D eigenvalue weighted by Gasteiger charge is 2.28. The average Bonchev–Trinajstić information content (AvgIpc) is 3.28. The first-order valence-corrected chi connectivity index (χ1v) is 10.6. The monoisotopic (exact) mass is 442 g/mol. The minimum atomic E-state index is -0.313. The largest absolute Gasteiger partial charge is 0.364 e. The van der Waals surface area contributed by atoms with Gasteiger partial charge in [-0.3, -0.25) is 4.79 Å². The van der Waals surface area contributed by atoms with Crippen LogP contribution in [0.4, 0.5) is 0 Å². The second-order valence-corrected chi connectivity index (χ2v) is 8.34. The van der Waals surface area contributed by atoms with E-state index in [0.29, 0.717) is 37.7 Å². The zero-order valence-corrected chi connectivity index (χ0v) is 18.1. The van der Waals surface area contributed by atoms with Crippen molar-refractivity contribution in [3.05, 3.63) is 65.1 Å². The fourth-order valence-electron chi connectivity index (χ4n) is 4.00. The number of fused-ring (bicyclic) bond motifs is 1. The van der Waals surface area contributed by atoms with Crippen molar-refractivity contribution < 1.29 is 9.32 Å². The van der Waals surface area contributed by atoms with Crippen molar-refractivity contribution >= 4 is 18.3 Å². The highest BCUT2D eigenvalue weighted by atomic mass is 35.5. The van der Waals surface area contributed by atoms with Crippen molar-refractivity contribution in [2.24, 2.45) is 11.7 Å². The van der Waals surface area contributed by atoms with Gasteiger partial charge >= 0.3 is 0 Å². The van der Waals surface area contributed by atoms with Gasteiger partial charge in [-0.1, -0.05) is 35.5 Å². The van der Waals surface area contributed by atoms with Gasteiger partial charge in [-0.25, -0.2) is 9.67 Å². The molecule has 8 nitrogen and oxygen atoms in total. The molecule has 1 fully saturated rings. The number of halogens is 1. The van der Waals surface area contributed by atoms with E-state index >= 15 is 0 Å². The Bertz CT molecular complexity index is 1030. The van der Waals surface area contributed by atoms with E-state index in [9.17, 15) is 4.79 Å². The van der Waals surface area contributed by atoms with E-state index in [2.05, 4.69) is 22.4 Å². The van der Waals surface area contributed by atoms with E-state index in [1.807, 2.05) is 23.1 Å². The van der Waals surface area contributed by atoms with E-state index < -0.39 is 0 Å². The third kappa shape index (κ3) is 4.97. The van der Waals surface area contributed by atoms with Crippen molar-refractivity contribution in [2.45, 2.75) is 51.2 Å². The standard InChI is InChI=1S/C22H26N6O2.ClH/c23-18(10-15-4-2-1-3-5-15)22-24-20(11-16-6-7-16)25-28(22)13-21(29)27-9-8-19-17(12-27)14-30-26-19;/h1-5,14,16,18H,6-13,23H2;1H/t18-;/m1./s1. The molecule has 2 N–H and O–H groups in total. The molecule has 5 rings (SSSR count). The maximum absolute atomic E-state index is 13.0. The van der Waals surface area contributed by atoms with E-state index in [0.717, 1.165) is 29.1 Å². The summed E-state index contributed by atoms with van der Waals surface area (Å²) in [6.45, 7) is 1.30. The van der Waals surface area contributed by atoms with Crippen molar-refractivity contribution in [3.8, 4) is 0 Å². The maximum atomic E-state index is 13.0. The Morgan fingerprint density at radius 3 is 2.84 bits per heavy atom. The first-order valence-electron chi connectivity index (χ1n) is 10.6. The molecule has 31 heavy (non-hydrogen) atoms. The van der Waals surface area contributed by atoms with Crippen LogP contribution in [0.3, 0.4) is 0 Å². The number of benzene rings is 1. The predicted molar refractivity (Wildman–Crippen MR) is 116 cm³/mol. The number of hydrogen-bond donors (Lipinski definition) is 1. The molecule has 2 aromatic heterocycles. The van der Waals surface area contributed by atoms with E-state index in [1.54, 1.807) is 10.9 Å². The van der Waals surface area contributed by atoms with Crippen LogP contribution in [-0.4, -0.2) is 37.3 Å². The van der Waals surface area contributed by atoms with E-state index in [1.165, 1.54) is 12.8 Å². The third-order valence-corrected chi connectivity index (χ3v) is 5.89. The third-order valence-electron chi connectivity index (χ3n) is 5.89. The van der Waals surface area contributed by atoms with Crippen molar-refractivity contribution in [1.29, 1.82) is 0 Å².